The van der Waals surface area contributed by atoms with Crippen LogP contribution in [0.3, 0.4) is 0 Å². The second kappa shape index (κ2) is 10.6. The van der Waals surface area contributed by atoms with E-state index in [9.17, 15) is 14.4 Å². The van der Waals surface area contributed by atoms with Crippen LogP contribution in [0.1, 0.15) is 22.8 Å². The molecule has 0 radical (unpaired) electrons. The number of ether oxygens (including phenoxy) is 2. The normalized spacial score (nSPS) is 10.0. The van der Waals surface area contributed by atoms with Crippen molar-refractivity contribution in [3.8, 4) is 11.5 Å². The number of hydrogen-bond donors (Lipinski definition) is 3. The second-order valence-electron chi connectivity index (χ2n) is 5.75. The molecule has 8 heteroatoms. The van der Waals surface area contributed by atoms with Crippen molar-refractivity contribution in [1.29, 1.82) is 0 Å². The molecule has 0 unspecified atom stereocenters. The maximum absolute atomic E-state index is 12.1. The van der Waals surface area contributed by atoms with Gasteiger partial charge in [-0.15, -0.1) is 0 Å². The minimum Gasteiger partial charge on any atom is -0.494 e. The van der Waals surface area contributed by atoms with Gasteiger partial charge in [0.05, 0.1) is 13.2 Å². The van der Waals surface area contributed by atoms with Gasteiger partial charge in [0.1, 0.15) is 11.5 Å². The molecule has 8 nitrogen and oxygen atoms in total. The number of carbonyl (C=O) groups excluding carboxylic acids is 2. The molecule has 0 aliphatic rings. The first kappa shape index (κ1) is 20.8. The summed E-state index contributed by atoms with van der Waals surface area (Å²) in [6.07, 6.45) is 0. The van der Waals surface area contributed by atoms with Crippen molar-refractivity contribution in [2.75, 3.05) is 19.8 Å². The lowest BCUT2D eigenvalue weighted by Crippen LogP contribution is -2.36. The SMILES string of the molecule is CCOc1ccc(C(=O)NCC(=O)NCc2cccc(OCC(=O)O)c2)cc1. The summed E-state index contributed by atoms with van der Waals surface area (Å²) >= 11 is 0. The Morgan fingerprint density at radius 3 is 2.39 bits per heavy atom. The van der Waals surface area contributed by atoms with E-state index in [1.807, 2.05) is 6.92 Å². The topological polar surface area (TPSA) is 114 Å². The molecule has 2 aromatic rings. The van der Waals surface area contributed by atoms with Gasteiger partial charge in [-0.2, -0.15) is 0 Å². The summed E-state index contributed by atoms with van der Waals surface area (Å²) in [4.78, 5) is 34.5. The summed E-state index contributed by atoms with van der Waals surface area (Å²) in [6, 6.07) is 13.4. The zero-order valence-electron chi connectivity index (χ0n) is 15.4. The van der Waals surface area contributed by atoms with Gasteiger partial charge in [-0.25, -0.2) is 4.79 Å². The monoisotopic (exact) mass is 386 g/mol. The van der Waals surface area contributed by atoms with Crippen LogP contribution >= 0.6 is 0 Å². The van der Waals surface area contributed by atoms with Gasteiger partial charge >= 0.3 is 5.97 Å². The summed E-state index contributed by atoms with van der Waals surface area (Å²) in [7, 11) is 0. The molecule has 2 rings (SSSR count). The molecule has 0 bridgehead atoms. The Bertz CT molecular complexity index is 820. The van der Waals surface area contributed by atoms with Crippen LogP contribution in [-0.4, -0.2) is 42.6 Å². The Balaban J connectivity index is 1.77. The molecule has 0 fully saturated rings. The molecule has 28 heavy (non-hydrogen) atoms. The van der Waals surface area contributed by atoms with Crippen molar-refractivity contribution in [2.24, 2.45) is 0 Å². The molecule has 148 valence electrons. The highest BCUT2D eigenvalue weighted by Crippen LogP contribution is 2.13. The van der Waals surface area contributed by atoms with E-state index < -0.39 is 12.6 Å². The van der Waals surface area contributed by atoms with E-state index in [4.69, 9.17) is 14.6 Å². The van der Waals surface area contributed by atoms with Crippen LogP contribution in [0.25, 0.3) is 0 Å². The Morgan fingerprint density at radius 2 is 1.71 bits per heavy atom. The lowest BCUT2D eigenvalue weighted by atomic mass is 10.2. The number of rotatable bonds is 10. The first-order valence-corrected chi connectivity index (χ1v) is 8.69. The third-order valence-electron chi connectivity index (χ3n) is 3.59. The highest BCUT2D eigenvalue weighted by Gasteiger charge is 2.08. The molecule has 0 spiro atoms. The Hall–Kier alpha value is -3.55. The van der Waals surface area contributed by atoms with Gasteiger partial charge in [0.2, 0.25) is 5.91 Å². The molecule has 0 atom stereocenters. The van der Waals surface area contributed by atoms with Crippen LogP contribution in [0, 0.1) is 0 Å². The number of aliphatic carboxylic acids is 1. The lowest BCUT2D eigenvalue weighted by Gasteiger charge is -2.09. The number of benzene rings is 2. The molecule has 2 aromatic carbocycles. The number of carbonyl (C=O) groups is 3. The third-order valence-corrected chi connectivity index (χ3v) is 3.59. The number of amides is 2. The summed E-state index contributed by atoms with van der Waals surface area (Å²) in [5, 5.41) is 13.8. The predicted octanol–water partition coefficient (Wildman–Crippen LogP) is 1.59. The van der Waals surface area contributed by atoms with Crippen LogP contribution in [0.15, 0.2) is 48.5 Å². The maximum atomic E-state index is 12.1. The molecule has 0 aliphatic heterocycles. The van der Waals surface area contributed by atoms with E-state index in [2.05, 4.69) is 10.6 Å². The van der Waals surface area contributed by atoms with Crippen molar-refractivity contribution < 1.29 is 29.0 Å². The minimum absolute atomic E-state index is 0.165. The number of carboxylic acid groups (broad SMARTS) is 1. The first-order valence-electron chi connectivity index (χ1n) is 8.69. The summed E-state index contributed by atoms with van der Waals surface area (Å²) in [5.74, 6) is -0.704. The van der Waals surface area contributed by atoms with Crippen LogP contribution in [0.2, 0.25) is 0 Å². The minimum atomic E-state index is -1.07. The Kier molecular flexibility index (Phi) is 7.83. The van der Waals surface area contributed by atoms with Crippen molar-refractivity contribution >= 4 is 17.8 Å². The molecule has 0 aromatic heterocycles. The number of carboxylic acids is 1. The average molecular weight is 386 g/mol. The van der Waals surface area contributed by atoms with E-state index in [-0.39, 0.29) is 24.9 Å². The van der Waals surface area contributed by atoms with Crippen molar-refractivity contribution in [2.45, 2.75) is 13.5 Å². The number of nitrogens with one attached hydrogen (secondary N) is 2. The summed E-state index contributed by atoms with van der Waals surface area (Å²) < 4.78 is 10.4. The standard InChI is InChI=1S/C20H22N2O6/c1-2-27-16-8-6-15(7-9-16)20(26)22-12-18(23)21-11-14-4-3-5-17(10-14)28-13-19(24)25/h3-10H,2,11-13H2,1H3,(H,21,23)(H,22,26)(H,24,25). The molecule has 0 saturated carbocycles. The van der Waals surface area contributed by atoms with E-state index >= 15 is 0 Å². The van der Waals surface area contributed by atoms with E-state index in [1.54, 1.807) is 48.5 Å². The molecule has 2 amide bonds. The van der Waals surface area contributed by atoms with Crippen LogP contribution in [-0.2, 0) is 16.1 Å². The highest BCUT2D eigenvalue weighted by molar-refractivity contribution is 5.96. The molecule has 0 aliphatic carbocycles. The zero-order valence-corrected chi connectivity index (χ0v) is 15.4. The van der Waals surface area contributed by atoms with Crippen LogP contribution in [0.5, 0.6) is 11.5 Å². The largest absolute Gasteiger partial charge is 0.494 e. The second-order valence-corrected chi connectivity index (χ2v) is 5.75. The van der Waals surface area contributed by atoms with Gasteiger partial charge in [-0.05, 0) is 48.9 Å². The lowest BCUT2D eigenvalue weighted by molar-refractivity contribution is -0.139. The smallest absolute Gasteiger partial charge is 0.341 e. The Morgan fingerprint density at radius 1 is 0.964 bits per heavy atom. The quantitative estimate of drug-likeness (QED) is 0.571. The molecule has 0 heterocycles. The summed E-state index contributed by atoms with van der Waals surface area (Å²) in [5.41, 5.74) is 1.17. The fourth-order valence-corrected chi connectivity index (χ4v) is 2.29. The molecular formula is C20H22N2O6. The predicted molar refractivity (Wildman–Crippen MR) is 101 cm³/mol. The molecule has 0 saturated heterocycles. The van der Waals surface area contributed by atoms with Gasteiger partial charge in [-0.1, -0.05) is 12.1 Å². The number of hydrogen-bond acceptors (Lipinski definition) is 5. The van der Waals surface area contributed by atoms with E-state index in [1.165, 1.54) is 0 Å². The summed E-state index contributed by atoms with van der Waals surface area (Å²) in [6.45, 7) is 2.04. The van der Waals surface area contributed by atoms with Gasteiger partial charge in [-0.3, -0.25) is 9.59 Å². The third kappa shape index (κ3) is 6.99. The molecular weight excluding hydrogens is 364 g/mol. The van der Waals surface area contributed by atoms with Gasteiger partial charge < -0.3 is 25.2 Å². The Labute approximate surface area is 162 Å². The van der Waals surface area contributed by atoms with Crippen LogP contribution in [0.4, 0.5) is 0 Å². The fourth-order valence-electron chi connectivity index (χ4n) is 2.29. The average Bonchev–Trinajstić information content (AvgIpc) is 2.70. The van der Waals surface area contributed by atoms with Gasteiger partial charge in [0.15, 0.2) is 6.61 Å². The molecule has 3 N–H and O–H groups in total. The van der Waals surface area contributed by atoms with Crippen LogP contribution < -0.4 is 20.1 Å². The van der Waals surface area contributed by atoms with Crippen molar-refractivity contribution in [3.05, 3.63) is 59.7 Å². The first-order chi connectivity index (χ1) is 13.5. The fraction of sp³-hybridized carbons (Fsp3) is 0.250. The highest BCUT2D eigenvalue weighted by atomic mass is 16.5. The van der Waals surface area contributed by atoms with E-state index in [0.717, 1.165) is 5.56 Å². The van der Waals surface area contributed by atoms with Crippen molar-refractivity contribution in [3.63, 3.8) is 0 Å². The zero-order chi connectivity index (χ0) is 20.4. The van der Waals surface area contributed by atoms with Gasteiger partial charge in [0.25, 0.3) is 5.91 Å². The van der Waals surface area contributed by atoms with E-state index in [0.29, 0.717) is 23.7 Å². The van der Waals surface area contributed by atoms with Gasteiger partial charge in [0, 0.05) is 12.1 Å². The maximum Gasteiger partial charge on any atom is 0.341 e. The van der Waals surface area contributed by atoms with Crippen molar-refractivity contribution in [1.82, 2.24) is 10.6 Å².